The Balaban J connectivity index is 2.07. The number of allylic oxidation sites excluding steroid dienone is 1. The van der Waals surface area contributed by atoms with Gasteiger partial charge in [-0.15, -0.1) is 0 Å². The third-order valence-corrected chi connectivity index (χ3v) is 7.37. The average Bonchev–Trinajstić information content (AvgIpc) is 2.72. The Morgan fingerprint density at radius 1 is 1.20 bits per heavy atom. The van der Waals surface area contributed by atoms with E-state index in [1.807, 2.05) is 6.92 Å². The van der Waals surface area contributed by atoms with Gasteiger partial charge in [0.25, 0.3) is 0 Å². The van der Waals surface area contributed by atoms with Crippen LogP contribution in [-0.2, 0) is 30.9 Å². The molecule has 0 bridgehead atoms. The van der Waals surface area contributed by atoms with Crippen molar-refractivity contribution in [3.63, 3.8) is 0 Å². The van der Waals surface area contributed by atoms with Crippen LogP contribution in [0.5, 0.6) is 5.75 Å². The number of hydrogen-bond donors (Lipinski definition) is 0. The van der Waals surface area contributed by atoms with Gasteiger partial charge in [0.15, 0.2) is 0 Å². The summed E-state index contributed by atoms with van der Waals surface area (Å²) < 4.78 is 16.0. The molecule has 2 aliphatic rings. The highest BCUT2D eigenvalue weighted by Crippen LogP contribution is 2.58. The molecule has 0 saturated heterocycles. The summed E-state index contributed by atoms with van der Waals surface area (Å²) in [7, 11) is 3.15. The molecule has 0 aromatic heterocycles. The Kier molecular flexibility index (Phi) is 6.30. The number of methoxy groups -OCH3 is 2. The molecule has 0 spiro atoms. The predicted octanol–water partition coefficient (Wildman–Crippen LogP) is 4.84. The second kappa shape index (κ2) is 8.44. The first kappa shape index (κ1) is 22.4. The standard InChI is InChI=1S/C25H34O5/c1-7-30-22(26)13-16(2)18-14-17-9-10-21-24(3,19(17)15-20(18)28-5)11-8-12-25(21,4)23(27)29-6/h13-15,21H,7-12H2,1-6H3/b16-13+. The molecule has 2 aliphatic carbocycles. The fraction of sp³-hybridized carbons (Fsp3) is 0.600. The van der Waals surface area contributed by atoms with E-state index in [1.54, 1.807) is 14.0 Å². The van der Waals surface area contributed by atoms with E-state index in [1.165, 1.54) is 24.3 Å². The van der Waals surface area contributed by atoms with Crippen molar-refractivity contribution in [3.8, 4) is 5.75 Å². The van der Waals surface area contributed by atoms with Crippen LogP contribution in [0.4, 0.5) is 0 Å². The van der Waals surface area contributed by atoms with Gasteiger partial charge in [-0.25, -0.2) is 4.79 Å². The van der Waals surface area contributed by atoms with Crippen LogP contribution in [-0.4, -0.2) is 32.8 Å². The smallest absolute Gasteiger partial charge is 0.331 e. The summed E-state index contributed by atoms with van der Waals surface area (Å²) in [5.74, 6) is 0.533. The summed E-state index contributed by atoms with van der Waals surface area (Å²) in [6, 6.07) is 4.28. The van der Waals surface area contributed by atoms with E-state index < -0.39 is 5.41 Å². The largest absolute Gasteiger partial charge is 0.496 e. The molecule has 30 heavy (non-hydrogen) atoms. The lowest BCUT2D eigenvalue weighted by molar-refractivity contribution is -0.161. The van der Waals surface area contributed by atoms with Crippen molar-refractivity contribution >= 4 is 17.5 Å². The lowest BCUT2D eigenvalue weighted by atomic mass is 9.49. The highest BCUT2D eigenvalue weighted by atomic mass is 16.5. The highest BCUT2D eigenvalue weighted by Gasteiger charge is 2.55. The predicted molar refractivity (Wildman–Crippen MR) is 116 cm³/mol. The van der Waals surface area contributed by atoms with E-state index in [2.05, 4.69) is 26.0 Å². The van der Waals surface area contributed by atoms with Gasteiger partial charge in [0, 0.05) is 11.6 Å². The molecule has 0 N–H and O–H groups in total. The lowest BCUT2D eigenvalue weighted by Gasteiger charge is -2.54. The molecule has 0 radical (unpaired) electrons. The molecule has 5 heteroatoms. The van der Waals surface area contributed by atoms with Crippen molar-refractivity contribution in [3.05, 3.63) is 34.9 Å². The minimum Gasteiger partial charge on any atom is -0.496 e. The Labute approximate surface area is 179 Å². The number of ether oxygens (including phenoxy) is 3. The second-order valence-corrected chi connectivity index (χ2v) is 9.06. The Hall–Kier alpha value is -2.30. The molecular weight excluding hydrogens is 380 g/mol. The summed E-state index contributed by atoms with van der Waals surface area (Å²) in [6.45, 7) is 8.41. The minimum absolute atomic E-state index is 0.0984. The zero-order chi connectivity index (χ0) is 22.1. The Morgan fingerprint density at radius 3 is 2.57 bits per heavy atom. The van der Waals surface area contributed by atoms with E-state index >= 15 is 0 Å². The zero-order valence-electron chi connectivity index (χ0n) is 19.1. The Bertz CT molecular complexity index is 871. The summed E-state index contributed by atoms with van der Waals surface area (Å²) in [6.07, 6.45) is 6.26. The van der Waals surface area contributed by atoms with Crippen LogP contribution in [0.2, 0.25) is 0 Å². The van der Waals surface area contributed by atoms with Gasteiger partial charge in [-0.2, -0.15) is 0 Å². The minimum atomic E-state index is -0.467. The molecule has 0 heterocycles. The summed E-state index contributed by atoms with van der Waals surface area (Å²) in [5.41, 5.74) is 3.69. The van der Waals surface area contributed by atoms with Crippen LogP contribution in [0.25, 0.3) is 5.57 Å². The van der Waals surface area contributed by atoms with Gasteiger partial charge in [-0.1, -0.05) is 13.3 Å². The van der Waals surface area contributed by atoms with Crippen LogP contribution in [0.3, 0.4) is 0 Å². The first-order valence-electron chi connectivity index (χ1n) is 10.9. The van der Waals surface area contributed by atoms with Gasteiger partial charge < -0.3 is 14.2 Å². The highest BCUT2D eigenvalue weighted by molar-refractivity contribution is 5.92. The third-order valence-electron chi connectivity index (χ3n) is 7.37. The van der Waals surface area contributed by atoms with Gasteiger partial charge in [0.2, 0.25) is 0 Å². The normalized spacial score (nSPS) is 28.2. The van der Waals surface area contributed by atoms with E-state index in [4.69, 9.17) is 14.2 Å². The van der Waals surface area contributed by atoms with Crippen LogP contribution in [0, 0.1) is 11.3 Å². The maximum absolute atomic E-state index is 12.7. The summed E-state index contributed by atoms with van der Waals surface area (Å²) in [4.78, 5) is 24.7. The Morgan fingerprint density at radius 2 is 1.93 bits per heavy atom. The number of hydrogen-bond acceptors (Lipinski definition) is 5. The molecule has 3 rings (SSSR count). The first-order valence-corrected chi connectivity index (χ1v) is 10.9. The van der Waals surface area contributed by atoms with Crippen LogP contribution in [0.15, 0.2) is 18.2 Å². The zero-order valence-corrected chi connectivity index (χ0v) is 19.1. The fourth-order valence-corrected chi connectivity index (χ4v) is 5.89. The molecule has 3 atom stereocenters. The number of fused-ring (bicyclic) bond motifs is 3. The molecular formula is C25H34O5. The molecule has 164 valence electrons. The van der Waals surface area contributed by atoms with Gasteiger partial charge in [-0.05, 0) is 86.6 Å². The number of carbonyl (C=O) groups excluding carboxylic acids is 2. The quantitative estimate of drug-likeness (QED) is 0.509. The number of aryl methyl sites for hydroxylation is 1. The van der Waals surface area contributed by atoms with E-state index in [0.29, 0.717) is 6.61 Å². The molecule has 1 aromatic carbocycles. The number of benzene rings is 1. The molecule has 0 amide bonds. The van der Waals surface area contributed by atoms with Crippen molar-refractivity contribution < 1.29 is 23.8 Å². The molecule has 1 aromatic rings. The van der Waals surface area contributed by atoms with Crippen molar-refractivity contribution in [1.29, 1.82) is 0 Å². The van der Waals surface area contributed by atoms with E-state index in [9.17, 15) is 9.59 Å². The van der Waals surface area contributed by atoms with Crippen LogP contribution in [0.1, 0.15) is 70.1 Å². The van der Waals surface area contributed by atoms with Gasteiger partial charge >= 0.3 is 11.9 Å². The number of esters is 2. The van der Waals surface area contributed by atoms with Crippen molar-refractivity contribution in [1.82, 2.24) is 0 Å². The van der Waals surface area contributed by atoms with Gasteiger partial charge in [0.1, 0.15) is 5.75 Å². The topological polar surface area (TPSA) is 61.8 Å². The van der Waals surface area contributed by atoms with Crippen molar-refractivity contribution in [2.45, 2.75) is 65.2 Å². The van der Waals surface area contributed by atoms with Crippen molar-refractivity contribution in [2.24, 2.45) is 11.3 Å². The first-order chi connectivity index (χ1) is 14.2. The van der Waals surface area contributed by atoms with Crippen LogP contribution >= 0.6 is 0 Å². The maximum atomic E-state index is 12.7. The fourth-order valence-electron chi connectivity index (χ4n) is 5.89. The van der Waals surface area contributed by atoms with Crippen LogP contribution < -0.4 is 4.74 Å². The monoisotopic (exact) mass is 414 g/mol. The molecule has 0 aliphatic heterocycles. The van der Waals surface area contributed by atoms with Crippen molar-refractivity contribution in [2.75, 3.05) is 20.8 Å². The van der Waals surface area contributed by atoms with Gasteiger partial charge in [-0.3, -0.25) is 4.79 Å². The molecule has 3 unspecified atom stereocenters. The van der Waals surface area contributed by atoms with Gasteiger partial charge in [0.05, 0.1) is 26.2 Å². The maximum Gasteiger partial charge on any atom is 0.331 e. The molecule has 5 nitrogen and oxygen atoms in total. The molecule has 1 saturated carbocycles. The summed E-state index contributed by atoms with van der Waals surface area (Å²) in [5, 5.41) is 0. The third kappa shape index (κ3) is 3.63. The van der Waals surface area contributed by atoms with E-state index in [0.717, 1.165) is 49.0 Å². The van der Waals surface area contributed by atoms with E-state index in [-0.39, 0.29) is 23.3 Å². The average molecular weight is 415 g/mol. The number of rotatable bonds is 5. The number of carbonyl (C=O) groups is 2. The SMILES string of the molecule is CCOC(=O)/C=C(\C)c1cc2c(cc1OC)C1(C)CCCC(C)(C(=O)OC)C1CC2. The summed E-state index contributed by atoms with van der Waals surface area (Å²) >= 11 is 0. The lowest BCUT2D eigenvalue weighted by Crippen LogP contribution is -2.52. The second-order valence-electron chi connectivity index (χ2n) is 9.06. The molecule has 1 fully saturated rings.